The highest BCUT2D eigenvalue weighted by atomic mass is 32.2. The fourth-order valence-electron chi connectivity index (χ4n) is 4.78. The van der Waals surface area contributed by atoms with Gasteiger partial charge in [-0.05, 0) is 79.2 Å². The largest absolute Gasteiger partial charge is 0.353 e. The van der Waals surface area contributed by atoms with E-state index < -0.39 is 0 Å². The van der Waals surface area contributed by atoms with Crippen LogP contribution in [0.25, 0.3) is 28.1 Å². The number of ketones is 1. The number of fused-ring (bicyclic) bond motifs is 1. The van der Waals surface area contributed by atoms with Crippen molar-refractivity contribution >= 4 is 57.4 Å². The van der Waals surface area contributed by atoms with Crippen LogP contribution in [0.3, 0.4) is 0 Å². The second-order valence-electron chi connectivity index (χ2n) is 9.95. The summed E-state index contributed by atoms with van der Waals surface area (Å²) in [4.78, 5) is 61.5. The Morgan fingerprint density at radius 3 is 2.48 bits per heavy atom. The molecule has 0 bridgehead atoms. The Hall–Kier alpha value is -4.31. The molecule has 0 atom stereocenters. The molecular weight excluding hydrogens is 526 g/mol. The number of hydrogen-bond donors (Lipinski definition) is 1. The summed E-state index contributed by atoms with van der Waals surface area (Å²) in [6.07, 6.45) is 7.35. The number of thioether (sulfide) groups is 1. The summed E-state index contributed by atoms with van der Waals surface area (Å²) in [7, 11) is 0. The number of hydrogen-bond acceptors (Lipinski definition) is 8. The van der Waals surface area contributed by atoms with E-state index in [9.17, 15) is 19.2 Å². The van der Waals surface area contributed by atoms with Crippen molar-refractivity contribution in [3.05, 3.63) is 70.9 Å². The van der Waals surface area contributed by atoms with Gasteiger partial charge in [-0.2, -0.15) is 0 Å². The molecule has 0 spiro atoms. The van der Waals surface area contributed by atoms with Crippen LogP contribution in [0.15, 0.2) is 65.3 Å². The van der Waals surface area contributed by atoms with Gasteiger partial charge in [0.15, 0.2) is 5.78 Å². The number of aromatic nitrogens is 2. The van der Waals surface area contributed by atoms with Crippen molar-refractivity contribution in [2.24, 2.45) is 0 Å². The third-order valence-electron chi connectivity index (χ3n) is 6.76. The highest BCUT2D eigenvalue weighted by Gasteiger charge is 2.25. The fourth-order valence-corrected chi connectivity index (χ4v) is 5.46. The molecule has 2 aliphatic rings. The molecule has 0 radical (unpaired) electrons. The predicted octanol–water partition coefficient (Wildman–Crippen LogP) is 4.58. The Labute approximate surface area is 236 Å². The molecule has 1 aromatic carbocycles. The van der Waals surface area contributed by atoms with Crippen LogP contribution in [0.2, 0.25) is 0 Å². The molecule has 0 unspecified atom stereocenters. The topological polar surface area (TPSA) is 113 Å². The maximum Gasteiger partial charge on any atom is 0.290 e. The van der Waals surface area contributed by atoms with Gasteiger partial charge in [0.1, 0.15) is 5.82 Å². The second kappa shape index (κ2) is 11.8. The molecule has 1 N–H and O–H groups in total. The van der Waals surface area contributed by atoms with Gasteiger partial charge >= 0.3 is 0 Å². The smallest absolute Gasteiger partial charge is 0.290 e. The van der Waals surface area contributed by atoms with Gasteiger partial charge in [-0.3, -0.25) is 29.5 Å². The van der Waals surface area contributed by atoms with Crippen LogP contribution in [0, 0.1) is 0 Å². The van der Waals surface area contributed by atoms with Crippen molar-refractivity contribution in [2.75, 3.05) is 31.1 Å². The van der Waals surface area contributed by atoms with Gasteiger partial charge in [0.05, 0.1) is 10.4 Å². The number of pyridine rings is 2. The lowest BCUT2D eigenvalue weighted by Gasteiger charge is -2.35. The van der Waals surface area contributed by atoms with Crippen LogP contribution in [-0.2, 0) is 14.4 Å². The lowest BCUT2D eigenvalue weighted by Crippen LogP contribution is -2.49. The molecule has 10 heteroatoms. The van der Waals surface area contributed by atoms with Crippen LogP contribution < -0.4 is 10.2 Å². The first-order valence-electron chi connectivity index (χ1n) is 13.1. The van der Waals surface area contributed by atoms with E-state index in [1.807, 2.05) is 61.3 Å². The highest BCUT2D eigenvalue weighted by molar-refractivity contribution is 8.18. The summed E-state index contributed by atoms with van der Waals surface area (Å²) in [5.41, 5.74) is 4.44. The zero-order valence-corrected chi connectivity index (χ0v) is 23.2. The number of imide groups is 1. The Bertz CT molecular complexity index is 1550. The zero-order chi connectivity index (χ0) is 28.2. The lowest BCUT2D eigenvalue weighted by atomic mass is 10.0. The number of carbonyl (C=O) groups excluding carboxylic acids is 4. The van der Waals surface area contributed by atoms with Crippen molar-refractivity contribution in [1.29, 1.82) is 0 Å². The average molecular weight is 556 g/mol. The Kier molecular flexibility index (Phi) is 8.06. The van der Waals surface area contributed by atoms with Crippen LogP contribution in [-0.4, -0.2) is 63.9 Å². The van der Waals surface area contributed by atoms with Crippen molar-refractivity contribution in [2.45, 2.75) is 26.7 Å². The molecule has 2 aromatic heterocycles. The maximum absolute atomic E-state index is 12.6. The van der Waals surface area contributed by atoms with Gasteiger partial charge in [-0.1, -0.05) is 11.6 Å². The molecule has 3 aromatic rings. The number of nitrogens with zero attached hydrogens (tertiary/aromatic N) is 4. The number of anilines is 1. The number of piperazine rings is 1. The molecule has 2 fully saturated rings. The van der Waals surface area contributed by atoms with Gasteiger partial charge in [-0.15, -0.1) is 0 Å². The van der Waals surface area contributed by atoms with Gasteiger partial charge in [0.2, 0.25) is 5.91 Å². The maximum atomic E-state index is 12.6. The normalized spacial score (nSPS) is 16.4. The molecule has 204 valence electrons. The molecule has 0 saturated carbocycles. The van der Waals surface area contributed by atoms with Crippen LogP contribution in [0.1, 0.15) is 32.3 Å². The molecular formula is C30H29N5O4S. The third-order valence-corrected chi connectivity index (χ3v) is 7.57. The van der Waals surface area contributed by atoms with Gasteiger partial charge in [0, 0.05) is 62.4 Å². The minimum atomic E-state index is -0.388. The third kappa shape index (κ3) is 6.28. The molecule has 0 aliphatic carbocycles. The van der Waals surface area contributed by atoms with Crippen LogP contribution >= 0.6 is 11.8 Å². The van der Waals surface area contributed by atoms with E-state index in [2.05, 4.69) is 15.2 Å². The van der Waals surface area contributed by atoms with Crippen molar-refractivity contribution in [1.82, 2.24) is 20.2 Å². The number of benzene rings is 1. The van der Waals surface area contributed by atoms with E-state index in [0.717, 1.165) is 50.7 Å². The number of carbonyl (C=O) groups is 4. The summed E-state index contributed by atoms with van der Waals surface area (Å²) in [6.45, 7) is 6.27. The van der Waals surface area contributed by atoms with Gasteiger partial charge < -0.3 is 9.80 Å². The molecule has 4 heterocycles. The summed E-state index contributed by atoms with van der Waals surface area (Å²) in [6, 6.07) is 11.7. The Morgan fingerprint density at radius 1 is 1.00 bits per heavy atom. The van der Waals surface area contributed by atoms with E-state index in [4.69, 9.17) is 4.98 Å². The number of rotatable bonds is 7. The lowest BCUT2D eigenvalue weighted by molar-refractivity contribution is -0.133. The molecule has 9 nitrogen and oxygen atoms in total. The van der Waals surface area contributed by atoms with Crippen molar-refractivity contribution in [3.63, 3.8) is 0 Å². The number of amides is 3. The first-order chi connectivity index (χ1) is 19.3. The Balaban J connectivity index is 1.26. The van der Waals surface area contributed by atoms with Crippen LogP contribution in [0.4, 0.5) is 10.6 Å². The summed E-state index contributed by atoms with van der Waals surface area (Å²) >= 11 is 0.890. The van der Waals surface area contributed by atoms with E-state index in [1.165, 1.54) is 0 Å². The quantitative estimate of drug-likeness (QED) is 0.422. The van der Waals surface area contributed by atoms with E-state index in [0.29, 0.717) is 31.1 Å². The minimum absolute atomic E-state index is 0.0109. The molecule has 3 amide bonds. The Morgan fingerprint density at radius 2 is 1.80 bits per heavy atom. The number of nitrogens with one attached hydrogen (secondary N) is 1. The predicted molar refractivity (Wildman–Crippen MR) is 157 cm³/mol. The molecule has 2 saturated heterocycles. The van der Waals surface area contributed by atoms with Crippen molar-refractivity contribution < 1.29 is 19.2 Å². The molecule has 40 heavy (non-hydrogen) atoms. The minimum Gasteiger partial charge on any atom is -0.353 e. The molecule has 5 rings (SSSR count). The summed E-state index contributed by atoms with van der Waals surface area (Å²) in [5, 5.41) is 2.82. The summed E-state index contributed by atoms with van der Waals surface area (Å²) < 4.78 is 0. The average Bonchev–Trinajstić information content (AvgIpc) is 3.27. The van der Waals surface area contributed by atoms with E-state index in [-0.39, 0.29) is 35.7 Å². The second-order valence-corrected chi connectivity index (χ2v) is 11.0. The monoisotopic (exact) mass is 555 g/mol. The standard InChI is InChI=1S/C30H29N5O4S/c1-19(2)15-22(36)5-8-28(37)35-13-11-34(12-14-35)27-7-4-21(18-32-27)23-9-10-31-25-6-3-20(16-24(23)25)17-26-29(38)33-30(39)40-26/h3-4,6-7,9-10,15-18H,5,8,11-14H2,1-2H3,(H,33,38,39)/b26-17+. The SMILES string of the molecule is CC(C)=CC(=O)CCC(=O)N1CCN(c2ccc(-c3ccnc4ccc(/C=C5/SC(=O)NC5=O)cc34)cn2)CC1. The number of allylic oxidation sites excluding steroid dienone is 2. The fraction of sp³-hybridized carbons (Fsp3) is 0.267. The summed E-state index contributed by atoms with van der Waals surface area (Å²) in [5.74, 6) is 0.452. The first-order valence-corrected chi connectivity index (χ1v) is 13.9. The van der Waals surface area contributed by atoms with Gasteiger partial charge in [-0.25, -0.2) is 4.98 Å². The van der Waals surface area contributed by atoms with Crippen LogP contribution in [0.5, 0.6) is 0 Å². The van der Waals surface area contributed by atoms with E-state index in [1.54, 1.807) is 18.3 Å². The molecule has 2 aliphatic heterocycles. The zero-order valence-electron chi connectivity index (χ0n) is 22.3. The van der Waals surface area contributed by atoms with E-state index >= 15 is 0 Å². The van der Waals surface area contributed by atoms with Crippen molar-refractivity contribution in [3.8, 4) is 11.1 Å². The highest BCUT2D eigenvalue weighted by Crippen LogP contribution is 2.31. The first kappa shape index (κ1) is 27.3. The van der Waals surface area contributed by atoms with Gasteiger partial charge in [0.25, 0.3) is 11.1 Å².